The van der Waals surface area contributed by atoms with Crippen LogP contribution in [-0.4, -0.2) is 36.4 Å². The lowest BCUT2D eigenvalue weighted by atomic mass is 10.1. The molecule has 154 valence electrons. The van der Waals surface area contributed by atoms with Crippen molar-refractivity contribution in [2.45, 2.75) is 51.5 Å². The van der Waals surface area contributed by atoms with Gasteiger partial charge >= 0.3 is 0 Å². The van der Waals surface area contributed by atoms with Gasteiger partial charge < -0.3 is 19.0 Å². The van der Waals surface area contributed by atoms with Gasteiger partial charge in [-0.25, -0.2) is 0 Å². The van der Waals surface area contributed by atoms with Crippen LogP contribution in [0.5, 0.6) is 5.75 Å². The monoisotopic (exact) mass is 396 g/mol. The molecule has 0 spiro atoms. The minimum Gasteiger partial charge on any atom is -0.482 e. The summed E-state index contributed by atoms with van der Waals surface area (Å²) in [5.41, 5.74) is 0.739. The second-order valence-corrected chi connectivity index (χ2v) is 7.66. The first-order chi connectivity index (χ1) is 14.2. The van der Waals surface area contributed by atoms with Gasteiger partial charge in [0.15, 0.2) is 6.61 Å². The number of nitrogens with zero attached hydrogens (tertiary/aromatic N) is 2. The number of benzene rings is 1. The molecule has 0 saturated carbocycles. The molecule has 1 fully saturated rings. The summed E-state index contributed by atoms with van der Waals surface area (Å²) in [6.07, 6.45) is 5.27. The van der Waals surface area contributed by atoms with E-state index >= 15 is 0 Å². The van der Waals surface area contributed by atoms with Crippen molar-refractivity contribution in [1.29, 1.82) is 0 Å². The zero-order chi connectivity index (χ0) is 20.2. The molecule has 0 bridgehead atoms. The Morgan fingerprint density at radius 2 is 2.00 bits per heavy atom. The van der Waals surface area contributed by atoms with Gasteiger partial charge in [0.25, 0.3) is 5.91 Å². The van der Waals surface area contributed by atoms with Crippen molar-refractivity contribution in [1.82, 2.24) is 4.90 Å². The van der Waals surface area contributed by atoms with Crippen LogP contribution in [0, 0.1) is 0 Å². The van der Waals surface area contributed by atoms with Crippen LogP contribution in [-0.2, 0) is 16.0 Å². The Kier molecular flexibility index (Phi) is 5.88. The Bertz CT molecular complexity index is 875. The summed E-state index contributed by atoms with van der Waals surface area (Å²) in [6.45, 7) is 3.18. The molecule has 2 aromatic rings. The molecule has 0 radical (unpaired) electrons. The molecular weight excluding hydrogens is 368 g/mol. The highest BCUT2D eigenvalue weighted by Gasteiger charge is 2.31. The Morgan fingerprint density at radius 3 is 2.83 bits per heavy atom. The van der Waals surface area contributed by atoms with Crippen LogP contribution in [0.1, 0.15) is 56.6 Å². The van der Waals surface area contributed by atoms with Gasteiger partial charge in [-0.15, -0.1) is 0 Å². The topological polar surface area (TPSA) is 63.0 Å². The van der Waals surface area contributed by atoms with E-state index in [0.29, 0.717) is 12.3 Å². The highest BCUT2D eigenvalue weighted by Crippen LogP contribution is 2.34. The number of amides is 2. The van der Waals surface area contributed by atoms with Crippen molar-refractivity contribution in [3.8, 4) is 5.75 Å². The first-order valence-electron chi connectivity index (χ1n) is 10.6. The third-order valence-corrected chi connectivity index (χ3v) is 5.79. The van der Waals surface area contributed by atoms with E-state index in [-0.39, 0.29) is 30.9 Å². The molecule has 4 rings (SSSR count). The van der Waals surface area contributed by atoms with Gasteiger partial charge in [0.05, 0.1) is 11.7 Å². The van der Waals surface area contributed by atoms with Crippen molar-refractivity contribution in [3.05, 3.63) is 47.9 Å². The molecule has 1 unspecified atom stereocenters. The molecule has 1 atom stereocenters. The van der Waals surface area contributed by atoms with Gasteiger partial charge in [-0.2, -0.15) is 0 Å². The number of hydrogen-bond acceptors (Lipinski definition) is 4. The van der Waals surface area contributed by atoms with Gasteiger partial charge in [0, 0.05) is 25.9 Å². The highest BCUT2D eigenvalue weighted by molar-refractivity contribution is 5.98. The second kappa shape index (κ2) is 8.72. The normalized spacial score (nSPS) is 19.5. The summed E-state index contributed by atoms with van der Waals surface area (Å²) in [5.74, 6) is 2.48. The number of carbonyl (C=O) groups excluding carboxylic acids is 2. The number of rotatable bonds is 5. The van der Waals surface area contributed by atoms with Crippen LogP contribution < -0.4 is 9.64 Å². The van der Waals surface area contributed by atoms with Crippen molar-refractivity contribution in [2.24, 2.45) is 0 Å². The van der Waals surface area contributed by atoms with Gasteiger partial charge in [-0.05, 0) is 37.1 Å². The maximum atomic E-state index is 13.2. The van der Waals surface area contributed by atoms with E-state index < -0.39 is 0 Å². The molecule has 6 nitrogen and oxygen atoms in total. The Labute approximate surface area is 171 Å². The third kappa shape index (κ3) is 4.16. The number of aryl methyl sites for hydroxylation is 1. The third-order valence-electron chi connectivity index (χ3n) is 5.79. The smallest absolute Gasteiger partial charge is 0.265 e. The van der Waals surface area contributed by atoms with Gasteiger partial charge in [0.2, 0.25) is 5.91 Å². The molecule has 29 heavy (non-hydrogen) atoms. The number of fused-ring (bicyclic) bond motifs is 1. The van der Waals surface area contributed by atoms with Crippen molar-refractivity contribution >= 4 is 17.5 Å². The average molecular weight is 396 g/mol. The Balaban J connectivity index is 1.48. The predicted octanol–water partition coefficient (Wildman–Crippen LogP) is 4.10. The maximum Gasteiger partial charge on any atom is 0.265 e. The number of para-hydroxylation sites is 2. The summed E-state index contributed by atoms with van der Waals surface area (Å²) in [7, 11) is 0. The maximum absolute atomic E-state index is 13.2. The van der Waals surface area contributed by atoms with E-state index in [1.165, 1.54) is 0 Å². The fourth-order valence-electron chi connectivity index (χ4n) is 4.22. The van der Waals surface area contributed by atoms with Gasteiger partial charge in [-0.3, -0.25) is 9.59 Å². The van der Waals surface area contributed by atoms with E-state index in [2.05, 4.69) is 6.92 Å². The van der Waals surface area contributed by atoms with Crippen LogP contribution in [0.2, 0.25) is 0 Å². The summed E-state index contributed by atoms with van der Waals surface area (Å²) in [5, 5.41) is 0. The molecule has 1 aromatic carbocycles. The number of furan rings is 1. The quantitative estimate of drug-likeness (QED) is 0.763. The van der Waals surface area contributed by atoms with Gasteiger partial charge in [-0.1, -0.05) is 31.9 Å². The molecule has 3 heterocycles. The lowest BCUT2D eigenvalue weighted by Gasteiger charge is -2.32. The molecule has 0 aliphatic carbocycles. The lowest BCUT2D eigenvalue weighted by Crippen LogP contribution is -2.42. The van der Waals surface area contributed by atoms with Crippen molar-refractivity contribution in [3.63, 3.8) is 0 Å². The molecule has 1 saturated heterocycles. The fourth-order valence-corrected chi connectivity index (χ4v) is 4.22. The zero-order valence-corrected chi connectivity index (χ0v) is 16.9. The summed E-state index contributed by atoms with van der Waals surface area (Å²) >= 11 is 0. The van der Waals surface area contributed by atoms with Crippen LogP contribution in [0.15, 0.2) is 40.8 Å². The summed E-state index contributed by atoms with van der Waals surface area (Å²) < 4.78 is 11.5. The largest absolute Gasteiger partial charge is 0.482 e. The molecular formula is C23H28N2O4. The van der Waals surface area contributed by atoms with Crippen LogP contribution >= 0.6 is 0 Å². The Morgan fingerprint density at radius 1 is 1.14 bits per heavy atom. The van der Waals surface area contributed by atoms with E-state index in [4.69, 9.17) is 9.15 Å². The standard InChI is InChI=1S/C23H28N2O4/c1-2-17-11-12-21(29-17)19-8-4-3-7-14-24(19)22(26)13-15-25-18-9-5-6-10-20(18)28-16-23(25)27/h5-6,9-12,19H,2-4,7-8,13-16H2,1H3. The van der Waals surface area contributed by atoms with Crippen LogP contribution in [0.4, 0.5) is 5.69 Å². The van der Waals surface area contributed by atoms with E-state index in [1.807, 2.05) is 41.3 Å². The zero-order valence-electron chi connectivity index (χ0n) is 16.9. The fraction of sp³-hybridized carbons (Fsp3) is 0.478. The predicted molar refractivity (Wildman–Crippen MR) is 110 cm³/mol. The Hall–Kier alpha value is -2.76. The first-order valence-corrected chi connectivity index (χ1v) is 10.6. The van der Waals surface area contributed by atoms with E-state index in [0.717, 1.165) is 55.9 Å². The summed E-state index contributed by atoms with van der Waals surface area (Å²) in [6, 6.07) is 11.5. The summed E-state index contributed by atoms with van der Waals surface area (Å²) in [4.78, 5) is 29.2. The minimum absolute atomic E-state index is 0.0158. The van der Waals surface area contributed by atoms with Gasteiger partial charge in [0.1, 0.15) is 17.3 Å². The number of hydrogen-bond donors (Lipinski definition) is 0. The van der Waals surface area contributed by atoms with E-state index in [1.54, 1.807) is 4.90 Å². The molecule has 0 N–H and O–H groups in total. The number of likely N-dealkylation sites (tertiary alicyclic amines) is 1. The molecule has 2 amide bonds. The highest BCUT2D eigenvalue weighted by atomic mass is 16.5. The number of carbonyl (C=O) groups is 2. The van der Waals surface area contributed by atoms with Crippen LogP contribution in [0.3, 0.4) is 0 Å². The molecule has 2 aliphatic heterocycles. The molecule has 2 aliphatic rings. The number of ether oxygens (including phenoxy) is 1. The molecule has 1 aromatic heterocycles. The first kappa shape index (κ1) is 19.6. The average Bonchev–Trinajstić information content (AvgIpc) is 3.09. The lowest BCUT2D eigenvalue weighted by molar-refractivity contribution is -0.134. The van der Waals surface area contributed by atoms with E-state index in [9.17, 15) is 9.59 Å². The van der Waals surface area contributed by atoms with Crippen LogP contribution in [0.25, 0.3) is 0 Å². The minimum atomic E-state index is -0.109. The van der Waals surface area contributed by atoms with Crippen molar-refractivity contribution < 1.29 is 18.7 Å². The van der Waals surface area contributed by atoms with Crippen molar-refractivity contribution in [2.75, 3.05) is 24.6 Å². The number of anilines is 1. The second-order valence-electron chi connectivity index (χ2n) is 7.66. The SMILES string of the molecule is CCc1ccc(C2CCCCCN2C(=O)CCN2C(=O)COc3ccccc32)o1. The molecule has 6 heteroatoms.